The lowest BCUT2D eigenvalue weighted by Crippen LogP contribution is -1.97. The van der Waals surface area contributed by atoms with Gasteiger partial charge < -0.3 is 0 Å². The van der Waals surface area contributed by atoms with Crippen LogP contribution in [-0.4, -0.2) is 15.0 Å². The number of hydrogen-bond acceptors (Lipinski definition) is 3. The maximum atomic E-state index is 5.05. The van der Waals surface area contributed by atoms with Crippen LogP contribution in [0.25, 0.3) is 55.9 Å². The van der Waals surface area contributed by atoms with Gasteiger partial charge in [0.15, 0.2) is 5.82 Å². The van der Waals surface area contributed by atoms with Crippen LogP contribution >= 0.6 is 15.9 Å². The molecule has 2 heterocycles. The third-order valence-electron chi connectivity index (χ3n) is 5.98. The number of pyridine rings is 1. The molecule has 0 aliphatic heterocycles. The predicted octanol–water partition coefficient (Wildman–Crippen LogP) is 8.46. The van der Waals surface area contributed by atoms with Crippen molar-refractivity contribution in [1.82, 2.24) is 15.0 Å². The molecular formula is C31H20BrN3. The fourth-order valence-corrected chi connectivity index (χ4v) is 4.52. The van der Waals surface area contributed by atoms with E-state index in [9.17, 15) is 0 Å². The SMILES string of the molecule is Brc1ccc(-c2nc(-c3cc(-c4ccccc4)cc(-c4ccccc4)c3)c3ncccc3n2)cc1. The molecule has 0 fully saturated rings. The van der Waals surface area contributed by atoms with Crippen LogP contribution in [0, 0.1) is 0 Å². The van der Waals surface area contributed by atoms with Crippen molar-refractivity contribution in [2.75, 3.05) is 0 Å². The van der Waals surface area contributed by atoms with Crippen LogP contribution in [0.3, 0.4) is 0 Å². The zero-order valence-electron chi connectivity index (χ0n) is 18.8. The van der Waals surface area contributed by atoms with Crippen LogP contribution in [0.2, 0.25) is 0 Å². The van der Waals surface area contributed by atoms with Crippen molar-refractivity contribution in [2.24, 2.45) is 0 Å². The van der Waals surface area contributed by atoms with Gasteiger partial charge in [-0.15, -0.1) is 0 Å². The lowest BCUT2D eigenvalue weighted by Gasteiger charge is -2.13. The Kier molecular flexibility index (Phi) is 5.65. The molecule has 6 aromatic rings. The lowest BCUT2D eigenvalue weighted by atomic mass is 9.94. The van der Waals surface area contributed by atoms with E-state index < -0.39 is 0 Å². The first-order valence-corrected chi connectivity index (χ1v) is 12.2. The van der Waals surface area contributed by atoms with Gasteiger partial charge in [-0.3, -0.25) is 4.98 Å². The number of fused-ring (bicyclic) bond motifs is 1. The Labute approximate surface area is 212 Å². The van der Waals surface area contributed by atoms with E-state index in [-0.39, 0.29) is 0 Å². The number of hydrogen-bond donors (Lipinski definition) is 0. The van der Waals surface area contributed by atoms with E-state index in [1.165, 1.54) is 0 Å². The standard InChI is InChI=1S/C31H20BrN3/c32-27-15-13-23(14-16-27)31-34-28-12-7-17-33-30(28)29(35-31)26-19-24(21-8-3-1-4-9-21)18-25(20-26)22-10-5-2-6-11-22/h1-20H. The van der Waals surface area contributed by atoms with Crippen LogP contribution in [0.15, 0.2) is 126 Å². The van der Waals surface area contributed by atoms with E-state index in [1.807, 2.05) is 48.5 Å². The molecule has 0 radical (unpaired) electrons. The predicted molar refractivity (Wildman–Crippen MR) is 147 cm³/mol. The summed E-state index contributed by atoms with van der Waals surface area (Å²) in [4.78, 5) is 14.6. The van der Waals surface area contributed by atoms with Crippen LogP contribution in [0.4, 0.5) is 0 Å². The monoisotopic (exact) mass is 513 g/mol. The molecule has 0 unspecified atom stereocenters. The Bertz CT molecular complexity index is 1570. The molecule has 0 atom stereocenters. The Balaban J connectivity index is 1.62. The summed E-state index contributed by atoms with van der Waals surface area (Å²) in [6.07, 6.45) is 1.80. The van der Waals surface area contributed by atoms with Gasteiger partial charge in [-0.2, -0.15) is 0 Å². The summed E-state index contributed by atoms with van der Waals surface area (Å²) in [5, 5.41) is 0. The molecular weight excluding hydrogens is 494 g/mol. The quantitative estimate of drug-likeness (QED) is 0.237. The summed E-state index contributed by atoms with van der Waals surface area (Å²) >= 11 is 3.52. The molecule has 0 aliphatic carbocycles. The third kappa shape index (κ3) is 4.36. The van der Waals surface area contributed by atoms with Crippen molar-refractivity contribution >= 4 is 27.0 Å². The van der Waals surface area contributed by atoms with E-state index in [0.717, 1.165) is 54.6 Å². The van der Waals surface area contributed by atoms with Crippen LogP contribution in [-0.2, 0) is 0 Å². The molecule has 0 saturated carbocycles. The van der Waals surface area contributed by atoms with Gasteiger partial charge in [0.1, 0.15) is 11.2 Å². The van der Waals surface area contributed by atoms with Crippen molar-refractivity contribution in [3.8, 4) is 44.9 Å². The minimum Gasteiger partial charge on any atom is -0.252 e. The van der Waals surface area contributed by atoms with Gasteiger partial charge in [0.05, 0.1) is 5.52 Å². The Morgan fingerprint density at radius 2 is 1.09 bits per heavy atom. The first-order valence-electron chi connectivity index (χ1n) is 11.4. The highest BCUT2D eigenvalue weighted by molar-refractivity contribution is 9.10. The van der Waals surface area contributed by atoms with Crippen LogP contribution in [0.5, 0.6) is 0 Å². The molecule has 0 N–H and O–H groups in total. The van der Waals surface area contributed by atoms with Gasteiger partial charge in [0.2, 0.25) is 0 Å². The van der Waals surface area contributed by atoms with Crippen molar-refractivity contribution in [1.29, 1.82) is 0 Å². The number of rotatable bonds is 4. The molecule has 4 aromatic carbocycles. The molecule has 2 aromatic heterocycles. The first-order chi connectivity index (χ1) is 17.2. The topological polar surface area (TPSA) is 38.7 Å². The molecule has 0 bridgehead atoms. The summed E-state index contributed by atoms with van der Waals surface area (Å²) in [5.74, 6) is 0.680. The molecule has 6 rings (SSSR count). The fourth-order valence-electron chi connectivity index (χ4n) is 4.26. The highest BCUT2D eigenvalue weighted by Crippen LogP contribution is 2.35. The van der Waals surface area contributed by atoms with Crippen molar-refractivity contribution in [3.63, 3.8) is 0 Å². The van der Waals surface area contributed by atoms with Crippen molar-refractivity contribution in [3.05, 3.63) is 126 Å². The second-order valence-corrected chi connectivity index (χ2v) is 9.22. The van der Waals surface area contributed by atoms with Crippen LogP contribution < -0.4 is 0 Å². The van der Waals surface area contributed by atoms with Gasteiger partial charge in [-0.25, -0.2) is 9.97 Å². The van der Waals surface area contributed by atoms with Gasteiger partial charge >= 0.3 is 0 Å². The number of halogens is 1. The summed E-state index contributed by atoms with van der Waals surface area (Å²) in [6, 6.07) is 39.5. The van der Waals surface area contributed by atoms with Gasteiger partial charge in [-0.1, -0.05) is 88.7 Å². The molecule has 4 heteroatoms. The molecule has 0 amide bonds. The second-order valence-electron chi connectivity index (χ2n) is 8.30. The van der Waals surface area contributed by atoms with E-state index in [1.54, 1.807) is 6.20 Å². The maximum Gasteiger partial charge on any atom is 0.160 e. The Hall–Kier alpha value is -4.15. The van der Waals surface area contributed by atoms with Gasteiger partial charge in [0, 0.05) is 21.8 Å². The Morgan fingerprint density at radius 3 is 1.71 bits per heavy atom. The van der Waals surface area contributed by atoms with Crippen LogP contribution in [0.1, 0.15) is 0 Å². The smallest absolute Gasteiger partial charge is 0.160 e. The van der Waals surface area contributed by atoms with E-state index in [2.05, 4.69) is 87.6 Å². The second kappa shape index (κ2) is 9.24. The molecule has 0 aliphatic rings. The van der Waals surface area contributed by atoms with Crippen molar-refractivity contribution < 1.29 is 0 Å². The maximum absolute atomic E-state index is 5.05. The number of nitrogens with zero attached hydrogens (tertiary/aromatic N) is 3. The fraction of sp³-hybridized carbons (Fsp3) is 0. The zero-order valence-corrected chi connectivity index (χ0v) is 20.4. The normalized spacial score (nSPS) is 11.0. The average molecular weight is 514 g/mol. The Morgan fingerprint density at radius 1 is 0.486 bits per heavy atom. The largest absolute Gasteiger partial charge is 0.252 e. The third-order valence-corrected chi connectivity index (χ3v) is 6.51. The molecule has 3 nitrogen and oxygen atoms in total. The average Bonchev–Trinajstić information content (AvgIpc) is 2.93. The van der Waals surface area contributed by atoms with Crippen molar-refractivity contribution in [2.45, 2.75) is 0 Å². The molecule has 166 valence electrons. The van der Waals surface area contributed by atoms with Gasteiger partial charge in [0.25, 0.3) is 0 Å². The molecule has 0 saturated heterocycles. The summed E-state index contributed by atoms with van der Waals surface area (Å²) in [5.41, 5.74) is 8.99. The lowest BCUT2D eigenvalue weighted by molar-refractivity contribution is 1.20. The molecule has 0 spiro atoms. The van der Waals surface area contributed by atoms with E-state index >= 15 is 0 Å². The highest BCUT2D eigenvalue weighted by atomic mass is 79.9. The van der Waals surface area contributed by atoms with Gasteiger partial charge in [-0.05, 0) is 64.7 Å². The zero-order chi connectivity index (χ0) is 23.6. The van der Waals surface area contributed by atoms with E-state index in [0.29, 0.717) is 5.82 Å². The minimum atomic E-state index is 0.680. The number of aromatic nitrogens is 3. The summed E-state index contributed by atoms with van der Waals surface area (Å²) in [6.45, 7) is 0. The first kappa shape index (κ1) is 21.4. The highest BCUT2D eigenvalue weighted by Gasteiger charge is 2.15. The molecule has 35 heavy (non-hydrogen) atoms. The number of benzene rings is 4. The minimum absolute atomic E-state index is 0.680. The summed E-state index contributed by atoms with van der Waals surface area (Å²) < 4.78 is 1.02. The summed E-state index contributed by atoms with van der Waals surface area (Å²) in [7, 11) is 0. The van der Waals surface area contributed by atoms with E-state index in [4.69, 9.17) is 9.97 Å².